The second kappa shape index (κ2) is 4.95. The van der Waals surface area contributed by atoms with Crippen molar-refractivity contribution in [3.63, 3.8) is 0 Å². The topological polar surface area (TPSA) is 42.7 Å². The maximum atomic E-state index is 4.17. The Balaban J connectivity index is 2.14. The molecule has 0 saturated heterocycles. The molecule has 3 atom stereocenters. The van der Waals surface area contributed by atoms with Crippen molar-refractivity contribution < 1.29 is 0 Å². The molecule has 0 radical (unpaired) electrons. The fraction of sp³-hybridized carbons (Fsp3) is 0.833. The fourth-order valence-electron chi connectivity index (χ4n) is 2.40. The first-order valence-corrected chi connectivity index (χ1v) is 6.39. The van der Waals surface area contributed by atoms with E-state index in [9.17, 15) is 0 Å². The van der Waals surface area contributed by atoms with Crippen molar-refractivity contribution in [2.75, 3.05) is 6.54 Å². The van der Waals surface area contributed by atoms with E-state index in [0.29, 0.717) is 6.04 Å². The van der Waals surface area contributed by atoms with E-state index in [1.54, 1.807) is 0 Å². The zero-order valence-corrected chi connectivity index (χ0v) is 10.5. The van der Waals surface area contributed by atoms with Crippen LogP contribution in [-0.4, -0.2) is 21.5 Å². The van der Waals surface area contributed by atoms with Crippen LogP contribution < -0.4 is 5.32 Å². The SMILES string of the molecule is CCCn1nncc1C(NCC)C1CC1C. The molecule has 1 heterocycles. The van der Waals surface area contributed by atoms with Gasteiger partial charge in [-0.15, -0.1) is 5.10 Å². The van der Waals surface area contributed by atoms with Gasteiger partial charge in [-0.25, -0.2) is 4.68 Å². The Morgan fingerprint density at radius 2 is 2.31 bits per heavy atom. The third kappa shape index (κ3) is 2.26. The average molecular weight is 222 g/mol. The third-order valence-electron chi connectivity index (χ3n) is 3.43. The Hall–Kier alpha value is -0.900. The molecule has 1 aromatic heterocycles. The summed E-state index contributed by atoms with van der Waals surface area (Å²) in [6, 6.07) is 0.446. The zero-order valence-electron chi connectivity index (χ0n) is 10.5. The van der Waals surface area contributed by atoms with E-state index in [1.165, 1.54) is 12.1 Å². The lowest BCUT2D eigenvalue weighted by atomic mass is 10.1. The summed E-state index contributed by atoms with van der Waals surface area (Å²) in [5.41, 5.74) is 1.26. The number of aryl methyl sites for hydroxylation is 1. The van der Waals surface area contributed by atoms with Crippen LogP contribution in [0.5, 0.6) is 0 Å². The van der Waals surface area contributed by atoms with E-state index in [-0.39, 0.29) is 0 Å². The molecule has 0 spiro atoms. The van der Waals surface area contributed by atoms with Crippen LogP contribution >= 0.6 is 0 Å². The Bertz CT molecular complexity index is 334. The molecule has 1 fully saturated rings. The Morgan fingerprint density at radius 1 is 1.56 bits per heavy atom. The highest BCUT2D eigenvalue weighted by Gasteiger charge is 2.41. The quantitative estimate of drug-likeness (QED) is 0.800. The van der Waals surface area contributed by atoms with Gasteiger partial charge in [-0.1, -0.05) is 26.0 Å². The zero-order chi connectivity index (χ0) is 11.5. The summed E-state index contributed by atoms with van der Waals surface area (Å²) in [6.07, 6.45) is 4.36. The predicted molar refractivity (Wildman–Crippen MR) is 64.0 cm³/mol. The number of nitrogens with one attached hydrogen (secondary N) is 1. The minimum absolute atomic E-state index is 0.446. The molecule has 4 nitrogen and oxygen atoms in total. The minimum Gasteiger partial charge on any atom is -0.309 e. The standard InChI is InChI=1S/C12H22N4/c1-4-6-16-11(8-14-15-16)12(13-5-2)10-7-9(10)3/h8-10,12-13H,4-7H2,1-3H3. The Morgan fingerprint density at radius 3 is 2.88 bits per heavy atom. The molecule has 4 heteroatoms. The molecule has 0 amide bonds. The highest BCUT2D eigenvalue weighted by molar-refractivity contribution is 5.09. The lowest BCUT2D eigenvalue weighted by Gasteiger charge is -2.18. The average Bonchev–Trinajstić information content (AvgIpc) is 2.80. The van der Waals surface area contributed by atoms with Gasteiger partial charge in [0.05, 0.1) is 17.9 Å². The Labute approximate surface area is 97.4 Å². The van der Waals surface area contributed by atoms with E-state index in [2.05, 4.69) is 41.1 Å². The molecule has 0 aliphatic heterocycles. The first-order chi connectivity index (χ1) is 7.77. The summed E-state index contributed by atoms with van der Waals surface area (Å²) < 4.78 is 2.05. The molecular formula is C12H22N4. The highest BCUT2D eigenvalue weighted by atomic mass is 15.4. The first kappa shape index (κ1) is 11.6. The van der Waals surface area contributed by atoms with Gasteiger partial charge < -0.3 is 5.32 Å². The molecular weight excluding hydrogens is 200 g/mol. The maximum absolute atomic E-state index is 4.17. The normalized spacial score (nSPS) is 25.7. The molecule has 1 aliphatic carbocycles. The fourth-order valence-corrected chi connectivity index (χ4v) is 2.40. The van der Waals surface area contributed by atoms with Crippen LogP contribution in [0.15, 0.2) is 6.20 Å². The summed E-state index contributed by atoms with van der Waals surface area (Å²) in [5.74, 6) is 1.61. The summed E-state index contributed by atoms with van der Waals surface area (Å²) in [7, 11) is 0. The maximum Gasteiger partial charge on any atom is 0.0759 e. The van der Waals surface area contributed by atoms with E-state index >= 15 is 0 Å². The van der Waals surface area contributed by atoms with Gasteiger partial charge in [-0.05, 0) is 31.2 Å². The third-order valence-corrected chi connectivity index (χ3v) is 3.43. The van der Waals surface area contributed by atoms with Crippen molar-refractivity contribution in [2.24, 2.45) is 11.8 Å². The minimum atomic E-state index is 0.446. The van der Waals surface area contributed by atoms with Crippen molar-refractivity contribution in [3.05, 3.63) is 11.9 Å². The van der Waals surface area contributed by atoms with Crippen LogP contribution in [-0.2, 0) is 6.54 Å². The van der Waals surface area contributed by atoms with Gasteiger partial charge in [0.25, 0.3) is 0 Å². The van der Waals surface area contributed by atoms with Gasteiger partial charge in [0.1, 0.15) is 0 Å². The van der Waals surface area contributed by atoms with E-state index in [1.807, 2.05) is 6.20 Å². The molecule has 3 unspecified atom stereocenters. The van der Waals surface area contributed by atoms with Crippen molar-refractivity contribution in [1.82, 2.24) is 20.3 Å². The highest BCUT2D eigenvalue weighted by Crippen LogP contribution is 2.46. The van der Waals surface area contributed by atoms with Crippen LogP contribution in [0.2, 0.25) is 0 Å². The van der Waals surface area contributed by atoms with Gasteiger partial charge in [0.2, 0.25) is 0 Å². The van der Waals surface area contributed by atoms with Crippen LogP contribution in [0.1, 0.15) is 45.3 Å². The second-order valence-electron chi connectivity index (χ2n) is 4.79. The van der Waals surface area contributed by atoms with Crippen LogP contribution in [0.25, 0.3) is 0 Å². The molecule has 2 rings (SSSR count). The largest absolute Gasteiger partial charge is 0.309 e. The number of nitrogens with zero attached hydrogens (tertiary/aromatic N) is 3. The van der Waals surface area contributed by atoms with E-state index in [4.69, 9.17) is 0 Å². The molecule has 90 valence electrons. The molecule has 1 saturated carbocycles. The summed E-state index contributed by atoms with van der Waals surface area (Å²) in [4.78, 5) is 0. The van der Waals surface area contributed by atoms with Gasteiger partial charge in [-0.3, -0.25) is 0 Å². The Kier molecular flexibility index (Phi) is 3.59. The molecule has 1 aliphatic rings. The molecule has 0 aromatic carbocycles. The summed E-state index contributed by atoms with van der Waals surface area (Å²) in [5, 5.41) is 11.8. The molecule has 1 aromatic rings. The van der Waals surface area contributed by atoms with Gasteiger partial charge in [-0.2, -0.15) is 0 Å². The van der Waals surface area contributed by atoms with Crippen LogP contribution in [0, 0.1) is 11.8 Å². The molecule has 1 N–H and O–H groups in total. The molecule has 16 heavy (non-hydrogen) atoms. The van der Waals surface area contributed by atoms with Crippen LogP contribution in [0.4, 0.5) is 0 Å². The van der Waals surface area contributed by atoms with Crippen molar-refractivity contribution in [2.45, 2.75) is 46.2 Å². The number of hydrogen-bond acceptors (Lipinski definition) is 3. The van der Waals surface area contributed by atoms with Gasteiger partial charge in [0.15, 0.2) is 0 Å². The first-order valence-electron chi connectivity index (χ1n) is 6.39. The van der Waals surface area contributed by atoms with E-state index in [0.717, 1.165) is 31.3 Å². The summed E-state index contributed by atoms with van der Waals surface area (Å²) >= 11 is 0. The lowest BCUT2D eigenvalue weighted by molar-refractivity contribution is 0.427. The van der Waals surface area contributed by atoms with Crippen molar-refractivity contribution in [3.8, 4) is 0 Å². The van der Waals surface area contributed by atoms with Crippen molar-refractivity contribution in [1.29, 1.82) is 0 Å². The van der Waals surface area contributed by atoms with Crippen molar-refractivity contribution >= 4 is 0 Å². The number of hydrogen-bond donors (Lipinski definition) is 1. The summed E-state index contributed by atoms with van der Waals surface area (Å²) in [6.45, 7) is 8.63. The lowest BCUT2D eigenvalue weighted by Crippen LogP contribution is -2.26. The predicted octanol–water partition coefficient (Wildman–Crippen LogP) is 1.99. The smallest absolute Gasteiger partial charge is 0.0759 e. The second-order valence-corrected chi connectivity index (χ2v) is 4.79. The number of rotatable bonds is 6. The van der Waals surface area contributed by atoms with Crippen LogP contribution in [0.3, 0.4) is 0 Å². The van der Waals surface area contributed by atoms with Gasteiger partial charge >= 0.3 is 0 Å². The monoisotopic (exact) mass is 222 g/mol. The van der Waals surface area contributed by atoms with Gasteiger partial charge in [0, 0.05) is 6.54 Å². The number of aromatic nitrogens is 3. The molecule has 0 bridgehead atoms. The van der Waals surface area contributed by atoms with E-state index < -0.39 is 0 Å².